The summed E-state index contributed by atoms with van der Waals surface area (Å²) in [6.45, 7) is 6.97. The van der Waals surface area contributed by atoms with Crippen molar-refractivity contribution in [1.82, 2.24) is 0 Å². The van der Waals surface area contributed by atoms with E-state index in [1.165, 1.54) is 0 Å². The first-order chi connectivity index (χ1) is 4.70. The molecule has 10 heavy (non-hydrogen) atoms. The Balaban J connectivity index is 3.07. The smallest absolute Gasteiger partial charge is 0.167 e. The Morgan fingerprint density at radius 3 is 2.60 bits per heavy atom. The molecule has 0 spiro atoms. The van der Waals surface area contributed by atoms with Crippen LogP contribution in [0, 0.1) is 13.8 Å². The molecule has 1 rings (SSSR count). The molecule has 0 aliphatic heterocycles. The maximum absolute atomic E-state index is 10.6. The van der Waals surface area contributed by atoms with E-state index in [1.54, 1.807) is 12.1 Å². The third-order valence-corrected chi connectivity index (χ3v) is 1.30. The van der Waals surface area contributed by atoms with Crippen molar-refractivity contribution in [3.05, 3.63) is 42.3 Å². The van der Waals surface area contributed by atoms with E-state index >= 15 is 0 Å². The Labute approximate surface area is 60.7 Å². The van der Waals surface area contributed by atoms with Crippen molar-refractivity contribution in [2.75, 3.05) is 0 Å². The van der Waals surface area contributed by atoms with Gasteiger partial charge in [-0.3, -0.25) is 4.79 Å². The Bertz CT molecular complexity index is 251. The third-order valence-electron chi connectivity index (χ3n) is 1.30. The first-order valence-corrected chi connectivity index (χ1v) is 3.06. The highest BCUT2D eigenvalue weighted by molar-refractivity contribution is 5.99. The fraction of sp³-hybridized carbons (Fsp3) is 0.111. The second-order valence-corrected chi connectivity index (χ2v) is 2.23. The third kappa shape index (κ3) is 1.44. The van der Waals surface area contributed by atoms with Crippen molar-refractivity contribution in [3.63, 3.8) is 0 Å². The van der Waals surface area contributed by atoms with Gasteiger partial charge < -0.3 is 0 Å². The zero-order valence-corrected chi connectivity index (χ0v) is 5.79. The molecule has 0 aromatic heterocycles. The van der Waals surface area contributed by atoms with Crippen molar-refractivity contribution < 1.29 is 4.79 Å². The van der Waals surface area contributed by atoms with E-state index in [0.29, 0.717) is 5.56 Å². The van der Waals surface area contributed by atoms with Crippen molar-refractivity contribution in [1.29, 1.82) is 0 Å². The van der Waals surface area contributed by atoms with Crippen molar-refractivity contribution >= 4 is 5.78 Å². The number of benzene rings is 1. The average Bonchev–Trinajstić information content (AvgIpc) is 1.88. The summed E-state index contributed by atoms with van der Waals surface area (Å²) >= 11 is 0. The monoisotopic (exact) mass is 132 g/mol. The molecule has 1 aromatic carbocycles. The van der Waals surface area contributed by atoms with Gasteiger partial charge in [-0.15, -0.1) is 0 Å². The first kappa shape index (κ1) is 7.00. The highest BCUT2D eigenvalue weighted by Gasteiger charge is 1.96. The Hall–Kier alpha value is -1.11. The van der Waals surface area contributed by atoms with Crippen molar-refractivity contribution in [2.45, 2.75) is 6.92 Å². The fourth-order valence-electron chi connectivity index (χ4n) is 0.798. The van der Waals surface area contributed by atoms with Gasteiger partial charge in [0.25, 0.3) is 0 Å². The van der Waals surface area contributed by atoms with Crippen LogP contribution in [0.2, 0.25) is 0 Å². The number of Topliss-reactive ketones (excluding diaryl/α,β-unsaturated/α-hetero) is 1. The Morgan fingerprint density at radius 1 is 1.50 bits per heavy atom. The van der Waals surface area contributed by atoms with Gasteiger partial charge in [-0.2, -0.15) is 0 Å². The normalized spacial score (nSPS) is 9.40. The van der Waals surface area contributed by atoms with E-state index in [-0.39, 0.29) is 5.78 Å². The van der Waals surface area contributed by atoms with Crippen LogP contribution >= 0.6 is 0 Å². The van der Waals surface area contributed by atoms with Gasteiger partial charge in [0.15, 0.2) is 5.78 Å². The lowest BCUT2D eigenvalue weighted by atomic mass is 10.1. The number of carbonyl (C=O) groups excluding carboxylic acids is 1. The molecule has 0 atom stereocenters. The van der Waals surface area contributed by atoms with Gasteiger partial charge in [-0.05, 0) is 13.0 Å². The SMILES string of the molecule is [CH]C(=O)c1cccc(C)c1. The molecule has 0 amide bonds. The van der Waals surface area contributed by atoms with Crippen LogP contribution in [0.5, 0.6) is 0 Å². The summed E-state index contributed by atoms with van der Waals surface area (Å²) in [5.41, 5.74) is 1.62. The van der Waals surface area contributed by atoms with Gasteiger partial charge in [0.05, 0.1) is 0 Å². The lowest BCUT2D eigenvalue weighted by Crippen LogP contribution is -1.91. The summed E-state index contributed by atoms with van der Waals surface area (Å²) in [5.74, 6) is -0.372. The second kappa shape index (κ2) is 2.65. The van der Waals surface area contributed by atoms with Crippen LogP contribution in [-0.4, -0.2) is 5.78 Å². The molecule has 0 fully saturated rings. The molecule has 0 unspecified atom stereocenters. The van der Waals surface area contributed by atoms with Crippen LogP contribution in [0.3, 0.4) is 0 Å². The molecule has 0 saturated heterocycles. The molecule has 0 bridgehead atoms. The van der Waals surface area contributed by atoms with Gasteiger partial charge in [0, 0.05) is 12.5 Å². The van der Waals surface area contributed by atoms with Crippen LogP contribution in [0.1, 0.15) is 15.9 Å². The quantitative estimate of drug-likeness (QED) is 0.533. The highest BCUT2D eigenvalue weighted by atomic mass is 16.1. The predicted octanol–water partition coefficient (Wildman–Crippen LogP) is 1.89. The van der Waals surface area contributed by atoms with E-state index < -0.39 is 0 Å². The topological polar surface area (TPSA) is 17.1 Å². The van der Waals surface area contributed by atoms with Crippen LogP contribution < -0.4 is 0 Å². The van der Waals surface area contributed by atoms with E-state index in [4.69, 9.17) is 6.92 Å². The van der Waals surface area contributed by atoms with Crippen LogP contribution in [0.15, 0.2) is 24.3 Å². The average molecular weight is 132 g/mol. The molecule has 0 N–H and O–H groups in total. The minimum Gasteiger partial charge on any atom is -0.294 e. The zero-order chi connectivity index (χ0) is 7.56. The minimum atomic E-state index is -0.372. The molecule has 0 heterocycles. The number of rotatable bonds is 1. The molecule has 2 radical (unpaired) electrons. The molecule has 0 aliphatic carbocycles. The standard InChI is InChI=1S/C9H8O/c1-7-4-3-5-9(6-7)8(2)10/h2-6H,1H3. The van der Waals surface area contributed by atoms with Crippen LogP contribution in [0.25, 0.3) is 0 Å². The summed E-state index contributed by atoms with van der Waals surface area (Å²) in [5, 5.41) is 0. The summed E-state index contributed by atoms with van der Waals surface area (Å²) in [7, 11) is 0. The van der Waals surface area contributed by atoms with Crippen LogP contribution in [0.4, 0.5) is 0 Å². The lowest BCUT2D eigenvalue weighted by molar-refractivity contribution is 0.104. The molecule has 1 nitrogen and oxygen atoms in total. The minimum absolute atomic E-state index is 0.372. The predicted molar refractivity (Wildman–Crippen MR) is 39.8 cm³/mol. The summed E-state index contributed by atoms with van der Waals surface area (Å²) in [4.78, 5) is 10.6. The number of carbonyl (C=O) groups is 1. The number of hydrogen-bond donors (Lipinski definition) is 0. The largest absolute Gasteiger partial charge is 0.294 e. The molecule has 1 aromatic rings. The van der Waals surface area contributed by atoms with Gasteiger partial charge in [-0.25, -0.2) is 0 Å². The van der Waals surface area contributed by atoms with Gasteiger partial charge in [0.1, 0.15) is 0 Å². The molecular formula is C9H8O. The van der Waals surface area contributed by atoms with Crippen molar-refractivity contribution in [2.24, 2.45) is 0 Å². The maximum Gasteiger partial charge on any atom is 0.167 e. The van der Waals surface area contributed by atoms with E-state index in [9.17, 15) is 4.79 Å². The van der Waals surface area contributed by atoms with Gasteiger partial charge in [-0.1, -0.05) is 23.8 Å². The summed E-state index contributed by atoms with van der Waals surface area (Å²) < 4.78 is 0. The van der Waals surface area contributed by atoms with Gasteiger partial charge in [0.2, 0.25) is 0 Å². The van der Waals surface area contributed by atoms with Crippen molar-refractivity contribution in [3.8, 4) is 0 Å². The molecule has 1 heteroatoms. The number of hydrogen-bond acceptors (Lipinski definition) is 1. The summed E-state index contributed by atoms with van der Waals surface area (Å²) in [6, 6.07) is 7.21. The second-order valence-electron chi connectivity index (χ2n) is 2.23. The van der Waals surface area contributed by atoms with Gasteiger partial charge >= 0.3 is 0 Å². The summed E-state index contributed by atoms with van der Waals surface area (Å²) in [6.07, 6.45) is 0. The highest BCUT2D eigenvalue weighted by Crippen LogP contribution is 2.03. The first-order valence-electron chi connectivity index (χ1n) is 3.06. The van der Waals surface area contributed by atoms with E-state index in [0.717, 1.165) is 5.56 Å². The van der Waals surface area contributed by atoms with Crippen LogP contribution in [-0.2, 0) is 0 Å². The Morgan fingerprint density at radius 2 is 2.20 bits per heavy atom. The molecular weight excluding hydrogens is 124 g/mol. The lowest BCUT2D eigenvalue weighted by Gasteiger charge is -1.94. The molecule has 50 valence electrons. The fourth-order valence-corrected chi connectivity index (χ4v) is 0.798. The van der Waals surface area contributed by atoms with E-state index in [2.05, 4.69) is 0 Å². The molecule has 0 saturated carbocycles. The van der Waals surface area contributed by atoms with E-state index in [1.807, 2.05) is 19.1 Å². The number of ketones is 1. The maximum atomic E-state index is 10.6. The molecule has 0 aliphatic rings. The number of aryl methyl sites for hydroxylation is 1. The zero-order valence-electron chi connectivity index (χ0n) is 5.79. The Kier molecular flexibility index (Phi) is 1.86.